The molecule has 3 aromatic rings. The van der Waals surface area contributed by atoms with Crippen LogP contribution >= 0.6 is 11.6 Å². The van der Waals surface area contributed by atoms with Crippen LogP contribution in [0, 0.1) is 6.92 Å². The van der Waals surface area contributed by atoms with E-state index < -0.39 is 5.54 Å². The van der Waals surface area contributed by atoms with Crippen LogP contribution in [0.15, 0.2) is 53.1 Å². The molecule has 5 rings (SSSR count). The van der Waals surface area contributed by atoms with E-state index in [1.807, 2.05) is 48.7 Å². The largest absolute Gasteiger partial charge is 0.463 e. The van der Waals surface area contributed by atoms with E-state index in [-0.39, 0.29) is 17.9 Å². The first-order chi connectivity index (χ1) is 15.4. The summed E-state index contributed by atoms with van der Waals surface area (Å²) >= 11 is 6.41. The highest BCUT2D eigenvalue weighted by molar-refractivity contribution is 6.31. The number of benzene rings is 1. The minimum absolute atomic E-state index is 0.147. The Morgan fingerprint density at radius 1 is 1.16 bits per heavy atom. The maximum Gasteiger partial charge on any atom is 0.275 e. The summed E-state index contributed by atoms with van der Waals surface area (Å²) in [6, 6.07) is 13.0. The van der Waals surface area contributed by atoms with Crippen molar-refractivity contribution in [3.8, 4) is 11.5 Å². The van der Waals surface area contributed by atoms with Gasteiger partial charge >= 0.3 is 0 Å². The average Bonchev–Trinajstić information content (AvgIpc) is 3.52. The third-order valence-corrected chi connectivity index (χ3v) is 7.14. The van der Waals surface area contributed by atoms with Gasteiger partial charge in [0.15, 0.2) is 0 Å². The van der Waals surface area contributed by atoms with Crippen molar-refractivity contribution in [2.24, 2.45) is 0 Å². The Balaban J connectivity index is 1.62. The van der Waals surface area contributed by atoms with Crippen LogP contribution in [-0.4, -0.2) is 28.0 Å². The van der Waals surface area contributed by atoms with Crippen molar-refractivity contribution in [2.75, 3.05) is 4.90 Å². The molecule has 1 unspecified atom stereocenters. The molecule has 3 heterocycles. The summed E-state index contributed by atoms with van der Waals surface area (Å²) in [6.07, 6.45) is 5.77. The third-order valence-electron chi connectivity index (χ3n) is 6.73. The Labute approximate surface area is 192 Å². The number of nitrogens with one attached hydrogen (secondary N) is 1. The molecule has 1 aliphatic heterocycles. The lowest BCUT2D eigenvalue weighted by molar-refractivity contribution is -0.127. The molecule has 1 fully saturated rings. The highest BCUT2D eigenvalue weighted by atomic mass is 35.5. The van der Waals surface area contributed by atoms with Gasteiger partial charge in [0.1, 0.15) is 17.0 Å². The molecule has 32 heavy (non-hydrogen) atoms. The molecule has 2 aromatic heterocycles. The number of carbonyl (C=O) groups excluding carboxylic acids is 2. The van der Waals surface area contributed by atoms with Crippen molar-refractivity contribution >= 4 is 29.1 Å². The summed E-state index contributed by atoms with van der Waals surface area (Å²) in [6.45, 7) is 4.05. The Morgan fingerprint density at radius 2 is 1.91 bits per heavy atom. The maximum atomic E-state index is 13.8. The molecule has 0 spiro atoms. The number of hydrogen-bond donors (Lipinski definition) is 1. The van der Waals surface area contributed by atoms with Crippen molar-refractivity contribution in [3.63, 3.8) is 0 Å². The van der Waals surface area contributed by atoms with Crippen LogP contribution in [0.4, 0.5) is 5.69 Å². The molecule has 2 aliphatic rings. The van der Waals surface area contributed by atoms with E-state index in [0.29, 0.717) is 28.7 Å². The molecule has 2 amide bonds. The van der Waals surface area contributed by atoms with Gasteiger partial charge in [-0.2, -0.15) is 0 Å². The fraction of sp³-hybridized carbons (Fsp3) is 0.360. The summed E-state index contributed by atoms with van der Waals surface area (Å²) in [4.78, 5) is 29.1. The number of anilines is 1. The Morgan fingerprint density at radius 3 is 2.59 bits per heavy atom. The molecular formula is C25H26ClN3O3. The second-order valence-electron chi connectivity index (χ2n) is 8.97. The van der Waals surface area contributed by atoms with E-state index in [1.54, 1.807) is 23.3 Å². The van der Waals surface area contributed by atoms with Gasteiger partial charge in [-0.15, -0.1) is 0 Å². The number of aryl methyl sites for hydroxylation is 1. The quantitative estimate of drug-likeness (QED) is 0.593. The van der Waals surface area contributed by atoms with Gasteiger partial charge in [-0.1, -0.05) is 30.5 Å². The van der Waals surface area contributed by atoms with Crippen LogP contribution in [0.3, 0.4) is 0 Å². The average molecular weight is 452 g/mol. The van der Waals surface area contributed by atoms with Crippen LogP contribution in [0.5, 0.6) is 0 Å². The summed E-state index contributed by atoms with van der Waals surface area (Å²) < 4.78 is 7.48. The molecule has 0 radical (unpaired) electrons. The number of hydrogen-bond acceptors (Lipinski definition) is 3. The molecular weight excluding hydrogens is 426 g/mol. The van der Waals surface area contributed by atoms with E-state index >= 15 is 0 Å². The molecule has 0 bridgehead atoms. The molecule has 6 nitrogen and oxygen atoms in total. The maximum absolute atomic E-state index is 13.8. The predicted octanol–water partition coefficient (Wildman–Crippen LogP) is 5.19. The second kappa shape index (κ2) is 7.85. The number of rotatable bonds is 4. The van der Waals surface area contributed by atoms with E-state index in [9.17, 15) is 9.59 Å². The monoisotopic (exact) mass is 451 g/mol. The minimum Gasteiger partial charge on any atom is -0.463 e. The lowest BCUT2D eigenvalue weighted by Gasteiger charge is -2.44. The topological polar surface area (TPSA) is 67.5 Å². The second-order valence-corrected chi connectivity index (χ2v) is 9.38. The van der Waals surface area contributed by atoms with Crippen LogP contribution in [0.1, 0.15) is 48.7 Å². The van der Waals surface area contributed by atoms with Gasteiger partial charge in [-0.3, -0.25) is 14.5 Å². The fourth-order valence-corrected chi connectivity index (χ4v) is 5.06. The van der Waals surface area contributed by atoms with E-state index in [0.717, 1.165) is 36.9 Å². The molecule has 1 saturated carbocycles. The molecule has 166 valence electrons. The number of nitrogens with zero attached hydrogens (tertiary/aromatic N) is 2. The highest BCUT2D eigenvalue weighted by Gasteiger charge is 2.49. The van der Waals surface area contributed by atoms with Crippen molar-refractivity contribution in [2.45, 2.75) is 57.7 Å². The molecule has 1 aromatic carbocycles. The highest BCUT2D eigenvalue weighted by Crippen LogP contribution is 2.38. The number of halogens is 1. The summed E-state index contributed by atoms with van der Waals surface area (Å²) in [7, 11) is 0. The van der Waals surface area contributed by atoms with Gasteiger partial charge in [-0.25, -0.2) is 0 Å². The molecule has 0 saturated heterocycles. The minimum atomic E-state index is -1.13. The molecule has 7 heteroatoms. The summed E-state index contributed by atoms with van der Waals surface area (Å²) in [5, 5.41) is 3.77. The number of fused-ring (bicyclic) bond motifs is 1. The normalized spacial score (nSPS) is 21.1. The first kappa shape index (κ1) is 20.9. The van der Waals surface area contributed by atoms with Crippen molar-refractivity contribution in [1.29, 1.82) is 0 Å². The summed E-state index contributed by atoms with van der Waals surface area (Å²) in [5.74, 6) is 0.270. The van der Waals surface area contributed by atoms with Gasteiger partial charge in [0.2, 0.25) is 5.91 Å². The van der Waals surface area contributed by atoms with Gasteiger partial charge in [0, 0.05) is 16.8 Å². The van der Waals surface area contributed by atoms with Gasteiger partial charge in [-0.05, 0) is 68.7 Å². The molecule has 1 aliphatic carbocycles. The van der Waals surface area contributed by atoms with Crippen LogP contribution in [0.25, 0.3) is 11.5 Å². The number of aromatic nitrogens is 1. The Kier molecular flexibility index (Phi) is 5.13. The lowest BCUT2D eigenvalue weighted by atomic mass is 9.93. The van der Waals surface area contributed by atoms with E-state index in [4.69, 9.17) is 16.0 Å². The Hall–Kier alpha value is -2.99. The smallest absolute Gasteiger partial charge is 0.275 e. The standard InChI is InChI=1S/C25H26ClN3O3/c1-16-9-10-18(14-19(16)26)29-23(30)21-12-11-20(22-8-5-13-32-22)28(21)15-25(29,2)24(31)27-17-6-3-4-7-17/h5,8-14,17H,3-4,6-7,15H2,1-2H3,(H,27,31). The zero-order valence-corrected chi connectivity index (χ0v) is 19.0. The number of furan rings is 1. The van der Waals surface area contributed by atoms with Crippen molar-refractivity contribution in [1.82, 2.24) is 9.88 Å². The summed E-state index contributed by atoms with van der Waals surface area (Å²) in [5.41, 5.74) is 1.69. The van der Waals surface area contributed by atoms with Gasteiger partial charge in [0.25, 0.3) is 5.91 Å². The molecule has 1 N–H and O–H groups in total. The zero-order chi connectivity index (χ0) is 22.5. The van der Waals surface area contributed by atoms with E-state index in [1.165, 1.54) is 0 Å². The van der Waals surface area contributed by atoms with E-state index in [2.05, 4.69) is 5.32 Å². The first-order valence-corrected chi connectivity index (χ1v) is 11.4. The van der Waals surface area contributed by atoms with Crippen LogP contribution in [-0.2, 0) is 11.3 Å². The number of amides is 2. The van der Waals surface area contributed by atoms with Gasteiger partial charge in [0.05, 0.1) is 18.5 Å². The number of carbonyl (C=O) groups is 2. The van der Waals surface area contributed by atoms with Crippen LogP contribution < -0.4 is 10.2 Å². The third kappa shape index (κ3) is 3.34. The Bertz CT molecular complexity index is 1180. The predicted molar refractivity (Wildman–Crippen MR) is 124 cm³/mol. The van der Waals surface area contributed by atoms with Crippen molar-refractivity contribution in [3.05, 3.63) is 65.0 Å². The van der Waals surface area contributed by atoms with Gasteiger partial charge < -0.3 is 14.3 Å². The van der Waals surface area contributed by atoms with Crippen LogP contribution in [0.2, 0.25) is 5.02 Å². The SMILES string of the molecule is Cc1ccc(N2C(=O)c3ccc(-c4ccco4)n3CC2(C)C(=O)NC2CCCC2)cc1Cl. The lowest BCUT2D eigenvalue weighted by Crippen LogP contribution is -2.65. The fourth-order valence-electron chi connectivity index (χ4n) is 4.89. The molecule has 1 atom stereocenters. The van der Waals surface area contributed by atoms with Crippen molar-refractivity contribution < 1.29 is 14.0 Å². The first-order valence-electron chi connectivity index (χ1n) is 11.0. The zero-order valence-electron chi connectivity index (χ0n) is 18.2.